The van der Waals surface area contributed by atoms with Gasteiger partial charge in [-0.15, -0.1) is 11.8 Å². The van der Waals surface area contributed by atoms with Crippen LogP contribution in [-0.4, -0.2) is 64.6 Å². The summed E-state index contributed by atoms with van der Waals surface area (Å²) in [6.45, 7) is 2.32. The summed E-state index contributed by atoms with van der Waals surface area (Å²) in [5, 5.41) is 0. The number of nitrogens with zero attached hydrogens (tertiary/aromatic N) is 3. The van der Waals surface area contributed by atoms with Crippen LogP contribution in [0.1, 0.15) is 12.0 Å². The van der Waals surface area contributed by atoms with E-state index in [0.29, 0.717) is 6.61 Å². The number of carbonyl (C=O) groups excluding carboxylic acids is 1. The third kappa shape index (κ3) is 3.16. The van der Waals surface area contributed by atoms with E-state index in [1.54, 1.807) is 25.2 Å². The predicted molar refractivity (Wildman–Crippen MR) is 83.3 cm³/mol. The average Bonchev–Trinajstić information content (AvgIpc) is 2.88. The molecule has 3 heterocycles. The van der Waals surface area contributed by atoms with Gasteiger partial charge in [0.2, 0.25) is 0 Å². The molecule has 114 valence electrons. The van der Waals surface area contributed by atoms with E-state index in [2.05, 4.69) is 4.98 Å². The maximum Gasteiger partial charge on any atom is 0.319 e. The third-order valence-electron chi connectivity index (χ3n) is 3.99. The normalized spacial score (nSPS) is 23.1. The lowest BCUT2D eigenvalue weighted by Crippen LogP contribution is -2.62. The standard InChI is InChI=1S/C15H21N3O2S/c1-17(2)14(19)18-10-15(11-18)6-13(9-21-15)20-8-12-4-3-5-16-7-12/h3-5,7,13H,6,8-11H2,1-2H3/t13-/m1/s1. The summed E-state index contributed by atoms with van der Waals surface area (Å²) in [7, 11) is 3.60. The number of thioether (sulfide) groups is 1. The van der Waals surface area contributed by atoms with Gasteiger partial charge in [-0.2, -0.15) is 0 Å². The van der Waals surface area contributed by atoms with Gasteiger partial charge >= 0.3 is 6.03 Å². The van der Waals surface area contributed by atoms with Crippen molar-refractivity contribution in [1.29, 1.82) is 0 Å². The topological polar surface area (TPSA) is 45.7 Å². The minimum atomic E-state index is 0.112. The first-order chi connectivity index (χ1) is 10.1. The molecule has 21 heavy (non-hydrogen) atoms. The highest BCUT2D eigenvalue weighted by molar-refractivity contribution is 8.01. The summed E-state index contributed by atoms with van der Waals surface area (Å²) < 4.78 is 6.22. The van der Waals surface area contributed by atoms with Gasteiger partial charge in [0.25, 0.3) is 0 Å². The molecule has 1 atom stereocenters. The van der Waals surface area contributed by atoms with Gasteiger partial charge in [-0.3, -0.25) is 4.98 Å². The molecule has 1 aromatic heterocycles. The minimum Gasteiger partial charge on any atom is -0.373 e. The first kappa shape index (κ1) is 14.7. The van der Waals surface area contributed by atoms with E-state index in [1.807, 2.05) is 35.0 Å². The molecule has 3 rings (SSSR count). The first-order valence-corrected chi connectivity index (χ1v) is 8.17. The fourth-order valence-corrected chi connectivity index (χ4v) is 4.45. The Kier molecular flexibility index (Phi) is 4.08. The summed E-state index contributed by atoms with van der Waals surface area (Å²) in [6, 6.07) is 4.08. The summed E-state index contributed by atoms with van der Waals surface area (Å²) in [4.78, 5) is 19.5. The molecule has 0 aliphatic carbocycles. The van der Waals surface area contributed by atoms with Crippen molar-refractivity contribution in [1.82, 2.24) is 14.8 Å². The van der Waals surface area contributed by atoms with Crippen molar-refractivity contribution in [2.24, 2.45) is 0 Å². The van der Waals surface area contributed by atoms with E-state index in [4.69, 9.17) is 4.74 Å². The van der Waals surface area contributed by atoms with E-state index in [0.717, 1.165) is 30.8 Å². The van der Waals surface area contributed by atoms with Crippen molar-refractivity contribution >= 4 is 17.8 Å². The van der Waals surface area contributed by atoms with Crippen LogP contribution in [0.15, 0.2) is 24.5 Å². The van der Waals surface area contributed by atoms with Crippen LogP contribution >= 0.6 is 11.8 Å². The Balaban J connectivity index is 1.46. The number of hydrogen-bond acceptors (Lipinski definition) is 4. The highest BCUT2D eigenvalue weighted by Crippen LogP contribution is 2.46. The SMILES string of the molecule is CN(C)C(=O)N1CC2(C[C@@H](OCc3cccnc3)CS2)C1. The van der Waals surface area contributed by atoms with Crippen LogP contribution < -0.4 is 0 Å². The zero-order valence-electron chi connectivity index (χ0n) is 12.5. The van der Waals surface area contributed by atoms with Crippen molar-refractivity contribution < 1.29 is 9.53 Å². The molecule has 0 radical (unpaired) electrons. The third-order valence-corrected chi connectivity index (χ3v) is 5.57. The maximum absolute atomic E-state index is 11.9. The average molecular weight is 307 g/mol. The smallest absolute Gasteiger partial charge is 0.319 e. The Morgan fingerprint density at radius 3 is 3.05 bits per heavy atom. The van der Waals surface area contributed by atoms with Crippen molar-refractivity contribution in [2.75, 3.05) is 32.9 Å². The summed E-state index contributed by atoms with van der Waals surface area (Å²) in [5.74, 6) is 1.02. The fourth-order valence-electron chi connectivity index (χ4n) is 2.89. The number of amides is 2. The predicted octanol–water partition coefficient (Wildman–Crippen LogP) is 1.84. The zero-order valence-corrected chi connectivity index (χ0v) is 13.3. The van der Waals surface area contributed by atoms with Crippen molar-refractivity contribution in [3.8, 4) is 0 Å². The number of urea groups is 1. The van der Waals surface area contributed by atoms with Crippen molar-refractivity contribution in [2.45, 2.75) is 23.9 Å². The molecule has 6 heteroatoms. The van der Waals surface area contributed by atoms with Crippen LogP contribution in [-0.2, 0) is 11.3 Å². The molecule has 0 bridgehead atoms. The number of hydrogen-bond donors (Lipinski definition) is 0. The van der Waals surface area contributed by atoms with Crippen molar-refractivity contribution in [3.63, 3.8) is 0 Å². The molecular formula is C15H21N3O2S. The lowest BCUT2D eigenvalue weighted by molar-refractivity contribution is 0.0324. The van der Waals surface area contributed by atoms with Crippen LogP contribution in [0.4, 0.5) is 4.79 Å². The van der Waals surface area contributed by atoms with Crippen LogP contribution in [0.2, 0.25) is 0 Å². The Morgan fingerprint density at radius 1 is 1.57 bits per heavy atom. The highest BCUT2D eigenvalue weighted by atomic mass is 32.2. The molecule has 2 fully saturated rings. The monoisotopic (exact) mass is 307 g/mol. The van der Waals surface area contributed by atoms with E-state index in [-0.39, 0.29) is 16.9 Å². The second-order valence-corrected chi connectivity index (χ2v) is 7.51. The molecule has 0 N–H and O–H groups in total. The number of aromatic nitrogens is 1. The van der Waals surface area contributed by atoms with Gasteiger partial charge < -0.3 is 14.5 Å². The van der Waals surface area contributed by atoms with Gasteiger partial charge in [0.1, 0.15) is 0 Å². The molecule has 0 unspecified atom stereocenters. The van der Waals surface area contributed by atoms with Crippen LogP contribution in [0.25, 0.3) is 0 Å². The van der Waals surface area contributed by atoms with Crippen LogP contribution in [0, 0.1) is 0 Å². The molecule has 1 spiro atoms. The molecule has 2 aliphatic rings. The molecule has 1 aromatic rings. The Labute approximate surface area is 129 Å². The molecule has 5 nitrogen and oxygen atoms in total. The van der Waals surface area contributed by atoms with E-state index < -0.39 is 0 Å². The molecule has 2 saturated heterocycles. The first-order valence-electron chi connectivity index (χ1n) is 7.19. The molecule has 0 aromatic carbocycles. The van der Waals surface area contributed by atoms with Gasteiger partial charge in [-0.1, -0.05) is 6.07 Å². The lowest BCUT2D eigenvalue weighted by Gasteiger charge is -2.48. The van der Waals surface area contributed by atoms with Crippen molar-refractivity contribution in [3.05, 3.63) is 30.1 Å². The molecule has 2 amide bonds. The Bertz CT molecular complexity index is 503. The van der Waals surface area contributed by atoms with Gasteiger partial charge in [0.15, 0.2) is 0 Å². The minimum absolute atomic E-state index is 0.112. The largest absolute Gasteiger partial charge is 0.373 e. The van der Waals surface area contributed by atoms with E-state index in [9.17, 15) is 4.79 Å². The number of rotatable bonds is 3. The van der Waals surface area contributed by atoms with E-state index >= 15 is 0 Å². The lowest BCUT2D eigenvalue weighted by atomic mass is 9.93. The fraction of sp³-hybridized carbons (Fsp3) is 0.600. The van der Waals surface area contributed by atoms with Gasteiger partial charge in [0.05, 0.1) is 17.5 Å². The second kappa shape index (κ2) is 5.85. The molecule has 2 aliphatic heterocycles. The second-order valence-electron chi connectivity index (χ2n) is 6.03. The quantitative estimate of drug-likeness (QED) is 0.855. The number of likely N-dealkylation sites (tertiary alicyclic amines) is 1. The van der Waals surface area contributed by atoms with Gasteiger partial charge in [0, 0.05) is 45.3 Å². The summed E-state index contributed by atoms with van der Waals surface area (Å²) in [6.07, 6.45) is 4.94. The number of ether oxygens (including phenoxy) is 1. The number of pyridine rings is 1. The number of carbonyl (C=O) groups is 1. The summed E-state index contributed by atoms with van der Waals surface area (Å²) in [5.41, 5.74) is 1.11. The maximum atomic E-state index is 11.9. The van der Waals surface area contributed by atoms with Crippen LogP contribution in [0.3, 0.4) is 0 Å². The van der Waals surface area contributed by atoms with Crippen LogP contribution in [0.5, 0.6) is 0 Å². The van der Waals surface area contributed by atoms with E-state index in [1.165, 1.54) is 0 Å². The zero-order chi connectivity index (χ0) is 14.9. The van der Waals surface area contributed by atoms with Gasteiger partial charge in [-0.05, 0) is 18.1 Å². The van der Waals surface area contributed by atoms with Gasteiger partial charge in [-0.25, -0.2) is 4.79 Å². The highest BCUT2D eigenvalue weighted by Gasteiger charge is 2.51. The Hall–Kier alpha value is -1.27. The Morgan fingerprint density at radius 2 is 2.38 bits per heavy atom. The molecule has 0 saturated carbocycles. The molecular weight excluding hydrogens is 286 g/mol. The summed E-state index contributed by atoms with van der Waals surface area (Å²) >= 11 is 1.95.